The number of aryl methyl sites for hydroxylation is 2. The maximum absolute atomic E-state index is 10.9. The first kappa shape index (κ1) is 21.4. The molecule has 3 aromatic rings. The molecule has 0 saturated heterocycles. The molecule has 0 unspecified atom stereocenters. The van der Waals surface area contributed by atoms with Crippen molar-refractivity contribution in [3.63, 3.8) is 0 Å². The van der Waals surface area contributed by atoms with E-state index in [0.29, 0.717) is 6.42 Å². The summed E-state index contributed by atoms with van der Waals surface area (Å²) in [5.41, 5.74) is 7.54. The van der Waals surface area contributed by atoms with Crippen molar-refractivity contribution in [3.8, 4) is 11.1 Å². The number of pyridine rings is 1. The molecule has 1 aromatic carbocycles. The van der Waals surface area contributed by atoms with Crippen LogP contribution in [0.2, 0.25) is 0 Å². The summed E-state index contributed by atoms with van der Waals surface area (Å²) in [6, 6.07) is 8.76. The number of hydrogen-bond donors (Lipinski definition) is 3. The lowest BCUT2D eigenvalue weighted by Gasteiger charge is -2.18. The van der Waals surface area contributed by atoms with E-state index in [1.165, 1.54) is 38.1 Å². The summed E-state index contributed by atoms with van der Waals surface area (Å²) >= 11 is 1.84. The molecular formula is C23H29N3O2S. The number of benzene rings is 1. The van der Waals surface area contributed by atoms with Crippen LogP contribution < -0.4 is 11.5 Å². The van der Waals surface area contributed by atoms with Crippen LogP contribution >= 0.6 is 11.3 Å². The number of carboxylic acids is 1. The second-order valence-corrected chi connectivity index (χ2v) is 8.71. The van der Waals surface area contributed by atoms with Crippen molar-refractivity contribution in [1.82, 2.24) is 16.5 Å². The van der Waals surface area contributed by atoms with Crippen molar-refractivity contribution in [1.29, 1.82) is 0 Å². The van der Waals surface area contributed by atoms with Gasteiger partial charge in [-0.2, -0.15) is 0 Å². The third-order valence-corrected chi connectivity index (χ3v) is 6.75. The van der Waals surface area contributed by atoms with Gasteiger partial charge in [0.05, 0.1) is 0 Å². The van der Waals surface area contributed by atoms with Crippen LogP contribution in [0.15, 0.2) is 24.3 Å². The molecule has 3 heterocycles. The van der Waals surface area contributed by atoms with Gasteiger partial charge < -0.3 is 16.6 Å². The maximum Gasteiger partial charge on any atom is 0.303 e. The predicted octanol–water partition coefficient (Wildman–Crippen LogP) is 5.19. The fraction of sp³-hybridized carbons (Fsp3) is 0.391. The average Bonchev–Trinajstić information content (AvgIpc) is 3.03. The van der Waals surface area contributed by atoms with E-state index >= 15 is 0 Å². The van der Waals surface area contributed by atoms with E-state index in [1.807, 2.05) is 11.3 Å². The smallest absolute Gasteiger partial charge is 0.303 e. The molecule has 6 heteroatoms. The fourth-order valence-corrected chi connectivity index (χ4v) is 5.36. The van der Waals surface area contributed by atoms with Crippen LogP contribution in [0.25, 0.3) is 21.3 Å². The molecule has 154 valence electrons. The molecule has 1 aliphatic heterocycles. The third-order valence-electron chi connectivity index (χ3n) is 5.57. The summed E-state index contributed by atoms with van der Waals surface area (Å²) in [6.07, 6.45) is 3.72. The quantitative estimate of drug-likeness (QED) is 0.485. The average molecular weight is 412 g/mol. The van der Waals surface area contributed by atoms with Crippen molar-refractivity contribution in [2.24, 2.45) is 0 Å². The Labute approximate surface area is 175 Å². The van der Waals surface area contributed by atoms with Gasteiger partial charge in [0.15, 0.2) is 0 Å². The van der Waals surface area contributed by atoms with Crippen LogP contribution in [0.4, 0.5) is 0 Å². The number of thiophene rings is 1. The van der Waals surface area contributed by atoms with Gasteiger partial charge in [-0.15, -0.1) is 11.3 Å². The number of aliphatic carboxylic acids is 1. The molecule has 5 N–H and O–H groups in total. The highest BCUT2D eigenvalue weighted by Gasteiger charge is 2.23. The van der Waals surface area contributed by atoms with Crippen LogP contribution in [0.1, 0.15) is 46.5 Å². The molecule has 0 amide bonds. The van der Waals surface area contributed by atoms with Gasteiger partial charge in [-0.1, -0.05) is 29.8 Å². The van der Waals surface area contributed by atoms with Gasteiger partial charge in [-0.3, -0.25) is 4.79 Å². The largest absolute Gasteiger partial charge is 0.481 e. The number of carboxylic acid groups (broad SMARTS) is 1. The minimum absolute atomic E-state index is 0. The molecule has 0 aliphatic carbocycles. The lowest BCUT2D eigenvalue weighted by molar-refractivity contribution is -0.137. The fourth-order valence-electron chi connectivity index (χ4n) is 4.11. The number of hydrogen-bond acceptors (Lipinski definition) is 5. The van der Waals surface area contributed by atoms with E-state index < -0.39 is 5.97 Å². The van der Waals surface area contributed by atoms with Gasteiger partial charge in [0.25, 0.3) is 0 Å². The van der Waals surface area contributed by atoms with E-state index in [1.54, 1.807) is 0 Å². The minimum atomic E-state index is -0.720. The number of fused-ring (bicyclic) bond motifs is 3. The molecule has 0 fully saturated rings. The zero-order chi connectivity index (χ0) is 19.7. The van der Waals surface area contributed by atoms with E-state index in [9.17, 15) is 4.79 Å². The molecule has 1 aliphatic rings. The summed E-state index contributed by atoms with van der Waals surface area (Å²) in [5.74, 6) is -0.720. The van der Waals surface area contributed by atoms with Crippen LogP contribution in [0.3, 0.4) is 0 Å². The second-order valence-electron chi connectivity index (χ2n) is 7.63. The second kappa shape index (κ2) is 9.03. The monoisotopic (exact) mass is 411 g/mol. The van der Waals surface area contributed by atoms with E-state index in [2.05, 4.69) is 43.4 Å². The minimum Gasteiger partial charge on any atom is -0.481 e. The standard InChI is InChI=1S/C23H26N2O2S.H3N/c1-14-7-9-16(10-8-14)21-17(5-3-4-6-20(26)27)15(2)25-23-22(21)18-13-24-12-11-19(18)28-23;/h7-10,24H,3-6,11-13H2,1-2H3,(H,26,27);1H3. The SMILES string of the molecule is Cc1ccc(-c2c(CCCCC(=O)O)c(C)nc3sc4c(c23)CNCC4)cc1.N. The molecule has 29 heavy (non-hydrogen) atoms. The van der Waals surface area contributed by atoms with Gasteiger partial charge in [0.1, 0.15) is 4.83 Å². The molecule has 4 rings (SSSR count). The number of rotatable bonds is 6. The number of nitrogens with one attached hydrogen (secondary N) is 1. The Hall–Kier alpha value is -2.28. The molecule has 5 nitrogen and oxygen atoms in total. The molecular weight excluding hydrogens is 382 g/mol. The number of carbonyl (C=O) groups is 1. The van der Waals surface area contributed by atoms with Crippen LogP contribution in [0.5, 0.6) is 0 Å². The molecule has 0 atom stereocenters. The summed E-state index contributed by atoms with van der Waals surface area (Å²) in [7, 11) is 0. The lowest BCUT2D eigenvalue weighted by Crippen LogP contribution is -2.22. The normalized spacial score (nSPS) is 13.2. The van der Waals surface area contributed by atoms with Crippen molar-refractivity contribution in [2.45, 2.75) is 52.5 Å². The Kier molecular flexibility index (Phi) is 6.67. The van der Waals surface area contributed by atoms with Gasteiger partial charge in [-0.25, -0.2) is 4.98 Å². The highest BCUT2D eigenvalue weighted by molar-refractivity contribution is 7.19. The van der Waals surface area contributed by atoms with E-state index in [0.717, 1.165) is 42.9 Å². The zero-order valence-corrected chi connectivity index (χ0v) is 18.0. The molecule has 0 spiro atoms. The van der Waals surface area contributed by atoms with Gasteiger partial charge in [0, 0.05) is 35.5 Å². The molecule has 0 radical (unpaired) electrons. The third kappa shape index (κ3) is 4.34. The lowest BCUT2D eigenvalue weighted by atomic mass is 9.90. The summed E-state index contributed by atoms with van der Waals surface area (Å²) in [6.45, 7) is 6.14. The van der Waals surface area contributed by atoms with Gasteiger partial charge in [-0.05, 0) is 61.8 Å². The van der Waals surface area contributed by atoms with Crippen LogP contribution in [0, 0.1) is 13.8 Å². The predicted molar refractivity (Wildman–Crippen MR) is 120 cm³/mol. The highest BCUT2D eigenvalue weighted by Crippen LogP contribution is 2.41. The Bertz CT molecular complexity index is 1030. The van der Waals surface area contributed by atoms with Crippen molar-refractivity contribution >= 4 is 27.5 Å². The van der Waals surface area contributed by atoms with Gasteiger partial charge in [0.2, 0.25) is 0 Å². The maximum atomic E-state index is 10.9. The zero-order valence-electron chi connectivity index (χ0n) is 17.2. The molecule has 0 bridgehead atoms. The molecule has 0 saturated carbocycles. The Morgan fingerprint density at radius 2 is 1.97 bits per heavy atom. The number of nitrogens with zero attached hydrogens (tertiary/aromatic N) is 1. The highest BCUT2D eigenvalue weighted by atomic mass is 32.1. The summed E-state index contributed by atoms with van der Waals surface area (Å²) in [4.78, 5) is 18.4. The Morgan fingerprint density at radius 1 is 1.21 bits per heavy atom. The summed E-state index contributed by atoms with van der Waals surface area (Å²) in [5, 5.41) is 13.8. The van der Waals surface area contributed by atoms with Crippen molar-refractivity contribution in [3.05, 3.63) is 51.5 Å². The topological polar surface area (TPSA) is 97.2 Å². The first-order chi connectivity index (χ1) is 13.5. The van der Waals surface area contributed by atoms with Gasteiger partial charge >= 0.3 is 5.97 Å². The van der Waals surface area contributed by atoms with Crippen molar-refractivity contribution in [2.75, 3.05) is 6.54 Å². The first-order valence-electron chi connectivity index (χ1n) is 9.98. The Morgan fingerprint density at radius 3 is 2.69 bits per heavy atom. The first-order valence-corrected chi connectivity index (χ1v) is 10.8. The van der Waals surface area contributed by atoms with Crippen molar-refractivity contribution < 1.29 is 9.90 Å². The van der Waals surface area contributed by atoms with Crippen LogP contribution in [-0.2, 0) is 24.2 Å². The van der Waals surface area contributed by atoms with Crippen LogP contribution in [-0.4, -0.2) is 22.6 Å². The number of unbranched alkanes of at least 4 members (excludes halogenated alkanes) is 1. The van der Waals surface area contributed by atoms with E-state index in [-0.39, 0.29) is 12.6 Å². The summed E-state index contributed by atoms with van der Waals surface area (Å²) < 4.78 is 0. The Balaban J connectivity index is 0.00000240. The van der Waals surface area contributed by atoms with E-state index in [4.69, 9.17) is 10.1 Å². The number of aromatic nitrogens is 1. The molecule has 2 aromatic heterocycles.